The number of nitrogens with two attached hydrogens (primary N) is 1. The first-order chi connectivity index (χ1) is 14.2. The molecule has 0 fully saturated rings. The first-order valence-electron chi connectivity index (χ1n) is 10.4. The quantitative estimate of drug-likeness (QED) is 0.319. The van der Waals surface area contributed by atoms with Gasteiger partial charge in [0.2, 0.25) is 0 Å². The van der Waals surface area contributed by atoms with E-state index < -0.39 is 6.03 Å². The van der Waals surface area contributed by atoms with Gasteiger partial charge in [0.1, 0.15) is 5.75 Å². The normalized spacial score (nSPS) is 10.9. The van der Waals surface area contributed by atoms with Crippen molar-refractivity contribution in [2.24, 2.45) is 16.0 Å². The van der Waals surface area contributed by atoms with E-state index in [0.29, 0.717) is 13.2 Å². The lowest BCUT2D eigenvalue weighted by Crippen LogP contribution is -2.30. The lowest BCUT2D eigenvalue weighted by Gasteiger charge is -2.06. The summed E-state index contributed by atoms with van der Waals surface area (Å²) in [6.07, 6.45) is 7.91. The van der Waals surface area contributed by atoms with Crippen LogP contribution >= 0.6 is 0 Å². The van der Waals surface area contributed by atoms with Crippen LogP contribution in [0, 0.1) is 0 Å². The second-order valence-electron chi connectivity index (χ2n) is 7.02. The summed E-state index contributed by atoms with van der Waals surface area (Å²) in [6, 6.07) is 15.4. The summed E-state index contributed by atoms with van der Waals surface area (Å²) in [5, 5.41) is 11.2. The Labute approximate surface area is 173 Å². The minimum atomic E-state index is -0.492. The highest BCUT2D eigenvalue weighted by Crippen LogP contribution is 2.22. The summed E-state index contributed by atoms with van der Waals surface area (Å²) in [5.74, 6) is 0.791. The fourth-order valence-electron chi connectivity index (χ4n) is 2.84. The van der Waals surface area contributed by atoms with E-state index in [0.717, 1.165) is 36.4 Å². The largest absolute Gasteiger partial charge is 0.494 e. The van der Waals surface area contributed by atoms with Gasteiger partial charge in [-0.05, 0) is 67.6 Å². The van der Waals surface area contributed by atoms with Crippen LogP contribution < -0.4 is 15.8 Å². The number of aryl methyl sites for hydroxylation is 1. The SMILES string of the molecule is CCCCCCc1ccc(N=Nc2ccc(OCCCCNC(N)=O)cc2)cc1. The van der Waals surface area contributed by atoms with Crippen LogP contribution in [-0.2, 0) is 6.42 Å². The molecule has 0 aliphatic carbocycles. The zero-order valence-electron chi connectivity index (χ0n) is 17.3. The smallest absolute Gasteiger partial charge is 0.312 e. The number of nitrogens with one attached hydrogen (secondary N) is 1. The van der Waals surface area contributed by atoms with Gasteiger partial charge in [-0.1, -0.05) is 38.3 Å². The highest BCUT2D eigenvalue weighted by Gasteiger charge is 1.98. The third kappa shape index (κ3) is 9.74. The summed E-state index contributed by atoms with van der Waals surface area (Å²) in [4.78, 5) is 10.6. The Morgan fingerprint density at radius 1 is 0.897 bits per heavy atom. The molecule has 6 nitrogen and oxygen atoms in total. The number of unbranched alkanes of at least 4 members (excludes halogenated alkanes) is 4. The topological polar surface area (TPSA) is 89.1 Å². The average molecular weight is 397 g/mol. The van der Waals surface area contributed by atoms with E-state index >= 15 is 0 Å². The predicted molar refractivity (Wildman–Crippen MR) is 117 cm³/mol. The van der Waals surface area contributed by atoms with E-state index in [1.165, 1.54) is 31.2 Å². The van der Waals surface area contributed by atoms with Gasteiger partial charge in [0, 0.05) is 6.54 Å². The molecule has 0 saturated heterocycles. The van der Waals surface area contributed by atoms with Crippen molar-refractivity contribution in [2.45, 2.75) is 51.9 Å². The van der Waals surface area contributed by atoms with Gasteiger partial charge in [0.05, 0.1) is 18.0 Å². The van der Waals surface area contributed by atoms with Gasteiger partial charge in [0.15, 0.2) is 0 Å². The molecule has 0 aliphatic rings. The Bertz CT molecular complexity index is 742. The van der Waals surface area contributed by atoms with Crippen molar-refractivity contribution in [2.75, 3.05) is 13.2 Å². The predicted octanol–water partition coefficient (Wildman–Crippen LogP) is 6.05. The molecule has 0 unspecified atom stereocenters. The monoisotopic (exact) mass is 396 g/mol. The number of azo groups is 1. The molecule has 29 heavy (non-hydrogen) atoms. The minimum absolute atomic E-state index is 0.492. The number of urea groups is 1. The van der Waals surface area contributed by atoms with Crippen molar-refractivity contribution < 1.29 is 9.53 Å². The van der Waals surface area contributed by atoms with E-state index in [2.05, 4.69) is 34.6 Å². The molecule has 0 radical (unpaired) electrons. The van der Waals surface area contributed by atoms with Gasteiger partial charge >= 0.3 is 6.03 Å². The minimum Gasteiger partial charge on any atom is -0.494 e. The fourth-order valence-corrected chi connectivity index (χ4v) is 2.84. The first-order valence-corrected chi connectivity index (χ1v) is 10.4. The molecule has 0 bridgehead atoms. The van der Waals surface area contributed by atoms with Gasteiger partial charge in [-0.25, -0.2) is 4.79 Å². The van der Waals surface area contributed by atoms with Crippen molar-refractivity contribution in [3.8, 4) is 5.75 Å². The number of primary amides is 1. The Hall–Kier alpha value is -2.89. The van der Waals surface area contributed by atoms with Crippen LogP contribution in [0.15, 0.2) is 58.8 Å². The number of carbonyl (C=O) groups is 1. The van der Waals surface area contributed by atoms with Crippen LogP contribution in [0.5, 0.6) is 5.75 Å². The second-order valence-corrected chi connectivity index (χ2v) is 7.02. The Morgan fingerprint density at radius 3 is 2.17 bits per heavy atom. The fraction of sp³-hybridized carbons (Fsp3) is 0.435. The second kappa shape index (κ2) is 13.3. The van der Waals surface area contributed by atoms with Gasteiger partial charge in [0.25, 0.3) is 0 Å². The molecule has 0 spiro atoms. The molecule has 2 aromatic carbocycles. The molecule has 0 atom stereocenters. The summed E-state index contributed by atoms with van der Waals surface area (Å²) < 4.78 is 5.68. The summed E-state index contributed by atoms with van der Waals surface area (Å²) in [6.45, 7) is 3.39. The molecule has 0 heterocycles. The number of hydrogen-bond donors (Lipinski definition) is 2. The van der Waals surface area contributed by atoms with Crippen LogP contribution in [0.1, 0.15) is 51.0 Å². The van der Waals surface area contributed by atoms with Crippen LogP contribution in [0.2, 0.25) is 0 Å². The molecular formula is C23H32N4O2. The van der Waals surface area contributed by atoms with Gasteiger partial charge in [-0.3, -0.25) is 0 Å². The van der Waals surface area contributed by atoms with Gasteiger partial charge < -0.3 is 15.8 Å². The van der Waals surface area contributed by atoms with Crippen molar-refractivity contribution >= 4 is 17.4 Å². The maximum atomic E-state index is 10.6. The summed E-state index contributed by atoms with van der Waals surface area (Å²) in [5.41, 5.74) is 8.00. The zero-order chi connectivity index (χ0) is 20.7. The molecule has 2 aromatic rings. The highest BCUT2D eigenvalue weighted by molar-refractivity contribution is 5.71. The average Bonchev–Trinajstić information content (AvgIpc) is 2.74. The number of amides is 2. The number of ether oxygens (including phenoxy) is 1. The molecule has 2 rings (SSSR count). The number of carbonyl (C=O) groups excluding carboxylic acids is 1. The molecule has 6 heteroatoms. The van der Waals surface area contributed by atoms with Crippen molar-refractivity contribution in [1.82, 2.24) is 5.32 Å². The lowest BCUT2D eigenvalue weighted by atomic mass is 10.1. The van der Waals surface area contributed by atoms with Gasteiger partial charge in [-0.2, -0.15) is 10.2 Å². The molecular weight excluding hydrogens is 364 g/mol. The van der Waals surface area contributed by atoms with E-state index in [-0.39, 0.29) is 0 Å². The maximum absolute atomic E-state index is 10.6. The van der Waals surface area contributed by atoms with Crippen LogP contribution in [0.4, 0.5) is 16.2 Å². The molecule has 0 saturated carbocycles. The Kier molecular flexibility index (Phi) is 10.3. The maximum Gasteiger partial charge on any atom is 0.312 e. The molecule has 0 aliphatic heterocycles. The number of rotatable bonds is 13. The third-order valence-corrected chi connectivity index (χ3v) is 4.51. The van der Waals surface area contributed by atoms with Crippen molar-refractivity contribution in [3.05, 3.63) is 54.1 Å². The van der Waals surface area contributed by atoms with E-state index in [4.69, 9.17) is 10.5 Å². The first kappa shape index (κ1) is 22.4. The van der Waals surface area contributed by atoms with E-state index in [9.17, 15) is 4.79 Å². The van der Waals surface area contributed by atoms with Crippen LogP contribution in [-0.4, -0.2) is 19.2 Å². The lowest BCUT2D eigenvalue weighted by molar-refractivity contribution is 0.248. The summed E-state index contributed by atoms with van der Waals surface area (Å²) >= 11 is 0. The Balaban J connectivity index is 1.71. The van der Waals surface area contributed by atoms with Gasteiger partial charge in [-0.15, -0.1) is 0 Å². The Morgan fingerprint density at radius 2 is 1.55 bits per heavy atom. The third-order valence-electron chi connectivity index (χ3n) is 4.51. The highest BCUT2D eigenvalue weighted by atomic mass is 16.5. The standard InChI is InChI=1S/C23H32N4O2/c1-2-3-4-5-8-19-9-11-20(12-10-19)26-27-21-13-15-22(16-14-21)29-18-7-6-17-25-23(24)28/h9-16H,2-8,17-18H2,1H3,(H3,24,25,28). The molecule has 3 N–H and O–H groups in total. The van der Waals surface area contributed by atoms with E-state index in [1.54, 1.807) is 0 Å². The molecule has 0 aromatic heterocycles. The molecule has 156 valence electrons. The van der Waals surface area contributed by atoms with Crippen molar-refractivity contribution in [3.63, 3.8) is 0 Å². The van der Waals surface area contributed by atoms with E-state index in [1.807, 2.05) is 36.4 Å². The molecule has 2 amide bonds. The number of benzene rings is 2. The van der Waals surface area contributed by atoms with Crippen molar-refractivity contribution in [1.29, 1.82) is 0 Å². The zero-order valence-corrected chi connectivity index (χ0v) is 17.3. The van der Waals surface area contributed by atoms with Crippen LogP contribution in [0.25, 0.3) is 0 Å². The number of hydrogen-bond acceptors (Lipinski definition) is 4. The number of nitrogens with zero attached hydrogens (tertiary/aromatic N) is 2. The summed E-state index contributed by atoms with van der Waals surface area (Å²) in [7, 11) is 0. The van der Waals surface area contributed by atoms with Crippen LogP contribution in [0.3, 0.4) is 0 Å².